The van der Waals surface area contributed by atoms with Crippen molar-refractivity contribution in [2.24, 2.45) is 0 Å². The first kappa shape index (κ1) is 89.2. The molecule has 1 aliphatic carbocycles. The van der Waals surface area contributed by atoms with Gasteiger partial charge in [0.15, 0.2) is 18.7 Å². The maximum absolute atomic E-state index is 14.3. The van der Waals surface area contributed by atoms with E-state index >= 15 is 0 Å². The van der Waals surface area contributed by atoms with Crippen LogP contribution in [0.15, 0.2) is 0 Å². The monoisotopic (exact) mass is 1410 g/mol. The molecule has 18 atom stereocenters. The number of esters is 3. The normalized spacial score (nSPS) is 27.7. The summed E-state index contributed by atoms with van der Waals surface area (Å²) in [6.07, 6.45) is 11.7. The second-order valence-electron chi connectivity index (χ2n) is 27.7. The van der Waals surface area contributed by atoms with E-state index in [1.165, 1.54) is 161 Å². The van der Waals surface area contributed by atoms with E-state index in [1.54, 1.807) is 0 Å². The summed E-state index contributed by atoms with van der Waals surface area (Å²) in [6, 6.07) is 0. The number of carbonyl (C=O) groups is 3. The zero-order valence-corrected chi connectivity index (χ0v) is 60.5. The molecule has 0 radical (unpaired) electrons. The Morgan fingerprint density at radius 1 is 0.361 bits per heavy atom. The topological polar surface area (TPSA) is 374 Å². The summed E-state index contributed by atoms with van der Waals surface area (Å²) in [5, 5.41) is 110. The van der Waals surface area contributed by atoms with Crippen molar-refractivity contribution >= 4 is 25.7 Å². The van der Waals surface area contributed by atoms with E-state index in [-0.39, 0.29) is 19.3 Å². The number of phosphoric acid groups is 1. The van der Waals surface area contributed by atoms with Crippen LogP contribution < -0.4 is 0 Å². The largest absolute Gasteiger partial charge is 0.472 e. The molecule has 572 valence electrons. The van der Waals surface area contributed by atoms with E-state index in [0.29, 0.717) is 19.3 Å². The van der Waals surface area contributed by atoms with Crippen molar-refractivity contribution in [3.63, 3.8) is 0 Å². The molecule has 0 spiro atoms. The predicted octanol–water partition coefficient (Wildman–Crippen LogP) is 10.6. The van der Waals surface area contributed by atoms with Gasteiger partial charge in [-0.1, -0.05) is 271 Å². The molecule has 2 heterocycles. The molecule has 0 aromatic heterocycles. The highest BCUT2D eigenvalue weighted by molar-refractivity contribution is 7.47. The van der Waals surface area contributed by atoms with Gasteiger partial charge in [0.05, 0.1) is 13.2 Å². The summed E-state index contributed by atoms with van der Waals surface area (Å²) in [5.74, 6) is -1.97. The maximum atomic E-state index is 14.3. The molecular formula is C72H135O24P. The molecule has 24 nitrogen and oxygen atoms in total. The molecular weight excluding hydrogens is 1280 g/mol. The van der Waals surface area contributed by atoms with Gasteiger partial charge in [0.25, 0.3) is 0 Å². The van der Waals surface area contributed by atoms with Crippen LogP contribution in [0.5, 0.6) is 0 Å². The molecule has 2 saturated heterocycles. The highest BCUT2D eigenvalue weighted by atomic mass is 31.2. The van der Waals surface area contributed by atoms with E-state index in [0.717, 1.165) is 89.9 Å². The molecule has 3 rings (SSSR count). The first-order chi connectivity index (χ1) is 46.8. The minimum absolute atomic E-state index is 0.0335. The summed E-state index contributed by atoms with van der Waals surface area (Å²) in [7, 11) is -5.69. The quantitative estimate of drug-likeness (QED) is 0.0117. The third-order valence-electron chi connectivity index (χ3n) is 19.1. The summed E-state index contributed by atoms with van der Waals surface area (Å²) in [4.78, 5) is 51.0. The number of rotatable bonds is 60. The highest BCUT2D eigenvalue weighted by Gasteiger charge is 2.58. The van der Waals surface area contributed by atoms with Crippen molar-refractivity contribution in [3.8, 4) is 0 Å². The fourth-order valence-corrected chi connectivity index (χ4v) is 13.8. The summed E-state index contributed by atoms with van der Waals surface area (Å²) < 4.78 is 65.0. The molecule has 97 heavy (non-hydrogen) atoms. The highest BCUT2D eigenvalue weighted by Crippen LogP contribution is 2.49. The smallest absolute Gasteiger partial charge is 0.463 e. The van der Waals surface area contributed by atoms with Crippen LogP contribution in [-0.4, -0.2) is 204 Å². The molecule has 0 aromatic rings. The Hall–Kier alpha value is -2.04. The Morgan fingerprint density at radius 3 is 1.01 bits per heavy atom. The second kappa shape index (κ2) is 54.6. The van der Waals surface area contributed by atoms with Crippen LogP contribution in [0, 0.1) is 0 Å². The SMILES string of the molecule is CCCCCCCCCCCCCCCCCCCC(=O)OCC(COP(=O)(O)OC1C(OC2OC(CO)C(O)C(O)C2O)C(O)C(O)C(O)C1OC1OC(COC(=O)CCCCCCCCCCCCCCC)C(O)C(O)C1O)OC(=O)CCCCCCCCCCCCCC. The van der Waals surface area contributed by atoms with Gasteiger partial charge in [0.2, 0.25) is 0 Å². The fraction of sp³-hybridized carbons (Fsp3) is 0.958. The van der Waals surface area contributed by atoms with Gasteiger partial charge in [-0.3, -0.25) is 23.4 Å². The summed E-state index contributed by atoms with van der Waals surface area (Å²) in [6.45, 7) is 3.47. The number of hydrogen-bond acceptors (Lipinski definition) is 23. The molecule has 0 bridgehead atoms. The van der Waals surface area contributed by atoms with Crippen LogP contribution in [0.4, 0.5) is 0 Å². The molecule has 18 unspecified atom stereocenters. The summed E-state index contributed by atoms with van der Waals surface area (Å²) in [5.41, 5.74) is 0. The Balaban J connectivity index is 1.72. The van der Waals surface area contributed by atoms with Crippen molar-refractivity contribution in [2.45, 2.75) is 414 Å². The van der Waals surface area contributed by atoms with Gasteiger partial charge in [-0.05, 0) is 19.3 Å². The zero-order valence-electron chi connectivity index (χ0n) is 59.6. The first-order valence-electron chi connectivity index (χ1n) is 38.3. The molecule has 3 aliphatic rings. The van der Waals surface area contributed by atoms with Crippen LogP contribution in [-0.2, 0) is 61.2 Å². The van der Waals surface area contributed by atoms with Crippen molar-refractivity contribution in [1.82, 2.24) is 0 Å². The van der Waals surface area contributed by atoms with Crippen LogP contribution in [0.25, 0.3) is 0 Å². The minimum atomic E-state index is -5.69. The molecule has 1 saturated carbocycles. The molecule has 25 heteroatoms. The van der Waals surface area contributed by atoms with Crippen molar-refractivity contribution < 1.29 is 117 Å². The number of phosphoric ester groups is 1. The van der Waals surface area contributed by atoms with Crippen molar-refractivity contribution in [1.29, 1.82) is 0 Å². The molecule has 3 fully saturated rings. The molecule has 2 aliphatic heterocycles. The number of ether oxygens (including phenoxy) is 7. The number of unbranched alkanes of at least 4 members (excludes halogenated alkanes) is 39. The lowest BCUT2D eigenvalue weighted by molar-refractivity contribution is -0.360. The van der Waals surface area contributed by atoms with Gasteiger partial charge in [-0.25, -0.2) is 4.57 Å². The van der Waals surface area contributed by atoms with Crippen molar-refractivity contribution in [2.75, 3.05) is 26.4 Å². The van der Waals surface area contributed by atoms with E-state index in [9.17, 15) is 74.9 Å². The lowest BCUT2D eigenvalue weighted by Gasteiger charge is -2.49. The van der Waals surface area contributed by atoms with E-state index < -0.39 is 156 Å². The number of carbonyl (C=O) groups excluding carboxylic acids is 3. The van der Waals surface area contributed by atoms with Crippen LogP contribution in [0.3, 0.4) is 0 Å². The predicted molar refractivity (Wildman–Crippen MR) is 365 cm³/mol. The molecule has 0 amide bonds. The Labute approximate surface area is 580 Å². The van der Waals surface area contributed by atoms with E-state index in [4.69, 9.17) is 42.2 Å². The van der Waals surface area contributed by atoms with Crippen LogP contribution in [0.2, 0.25) is 0 Å². The Morgan fingerprint density at radius 2 is 0.660 bits per heavy atom. The summed E-state index contributed by atoms with van der Waals surface area (Å²) >= 11 is 0. The number of aliphatic hydroxyl groups is 10. The van der Waals surface area contributed by atoms with Gasteiger partial charge >= 0.3 is 25.7 Å². The van der Waals surface area contributed by atoms with Crippen LogP contribution in [0.1, 0.15) is 310 Å². The van der Waals surface area contributed by atoms with Gasteiger partial charge in [0.1, 0.15) is 98.7 Å². The third kappa shape index (κ3) is 37.8. The maximum Gasteiger partial charge on any atom is 0.472 e. The number of hydrogen-bond donors (Lipinski definition) is 11. The van der Waals surface area contributed by atoms with Gasteiger partial charge in [-0.15, -0.1) is 0 Å². The average molecular weight is 1420 g/mol. The second-order valence-corrected chi connectivity index (χ2v) is 29.1. The van der Waals surface area contributed by atoms with Gasteiger partial charge in [-0.2, -0.15) is 0 Å². The minimum Gasteiger partial charge on any atom is -0.463 e. The van der Waals surface area contributed by atoms with Crippen molar-refractivity contribution in [3.05, 3.63) is 0 Å². The number of aliphatic hydroxyl groups excluding tert-OH is 10. The average Bonchev–Trinajstić information content (AvgIpc) is 0.763. The standard InChI is InChI=1S/C72H135O24P/c1-4-7-10-13-16-19-22-25-26-27-28-30-33-34-37-40-43-46-56(74)88-50-53(91-58(76)48-45-42-39-36-31-24-21-18-15-12-9-6-3)51-90-97(86,87)96-70-68(94-71-66(84)61(79)59(77)54(49-73)92-71)64(82)63(81)65(83)69(70)95-72-67(85)62(80)60(78)55(93-72)52-89-57(75)47-44-41-38-35-32-29-23-20-17-14-11-8-5-2/h53-55,59-73,77-85H,4-52H2,1-3H3,(H,86,87). The lowest BCUT2D eigenvalue weighted by Crippen LogP contribution is -2.69. The van der Waals surface area contributed by atoms with Gasteiger partial charge < -0.3 is 89.1 Å². The third-order valence-corrected chi connectivity index (χ3v) is 20.1. The van der Waals surface area contributed by atoms with Crippen LogP contribution >= 0.6 is 7.82 Å². The lowest BCUT2D eigenvalue weighted by atomic mass is 9.84. The molecule has 0 aromatic carbocycles. The molecule has 11 N–H and O–H groups in total. The van der Waals surface area contributed by atoms with E-state index in [1.807, 2.05) is 0 Å². The Bertz CT molecular complexity index is 2010. The fourth-order valence-electron chi connectivity index (χ4n) is 12.9. The van der Waals surface area contributed by atoms with E-state index in [2.05, 4.69) is 20.8 Å². The zero-order chi connectivity index (χ0) is 71.1. The van der Waals surface area contributed by atoms with Gasteiger partial charge in [0, 0.05) is 19.3 Å². The first-order valence-corrected chi connectivity index (χ1v) is 39.8. The Kier molecular flexibility index (Phi) is 50.2.